The molecule has 0 saturated heterocycles. The van der Waals surface area contributed by atoms with E-state index >= 15 is 0 Å². The number of carboxylic acid groups (broad SMARTS) is 1. The molecule has 0 aliphatic carbocycles. The molecule has 0 aliphatic rings. The topological polar surface area (TPSA) is 64.3 Å². The lowest BCUT2D eigenvalue weighted by atomic mass is 10.3. The number of carbonyl (C=O) groups is 1. The summed E-state index contributed by atoms with van der Waals surface area (Å²) in [6, 6.07) is 3.31. The molecule has 2 rings (SSSR count). The summed E-state index contributed by atoms with van der Waals surface area (Å²) in [5.41, 5.74) is 0.818. The van der Waals surface area contributed by atoms with Gasteiger partial charge in [-0.05, 0) is 19.1 Å². The number of ether oxygens (including phenoxy) is 1. The molecule has 2 heterocycles. The van der Waals surface area contributed by atoms with Crippen LogP contribution in [0.3, 0.4) is 0 Å². The molecule has 0 atom stereocenters. The van der Waals surface area contributed by atoms with E-state index in [0.717, 1.165) is 5.39 Å². The average molecular weight is 220 g/mol. The van der Waals surface area contributed by atoms with E-state index in [1.165, 1.54) is 0 Å². The maximum absolute atomic E-state index is 11.0. The molecule has 1 N–H and O–H groups in total. The van der Waals surface area contributed by atoms with E-state index in [1.54, 1.807) is 29.9 Å². The zero-order valence-corrected chi connectivity index (χ0v) is 9.10. The minimum Gasteiger partial charge on any atom is -0.493 e. The van der Waals surface area contributed by atoms with Gasteiger partial charge in [0.1, 0.15) is 17.1 Å². The van der Waals surface area contributed by atoms with Crippen LogP contribution in [0.1, 0.15) is 17.4 Å². The summed E-state index contributed by atoms with van der Waals surface area (Å²) in [5, 5.41) is 9.72. The van der Waals surface area contributed by atoms with Crippen molar-refractivity contribution < 1.29 is 14.6 Å². The number of rotatable bonds is 3. The highest BCUT2D eigenvalue weighted by Gasteiger charge is 2.15. The fourth-order valence-corrected chi connectivity index (χ4v) is 1.68. The van der Waals surface area contributed by atoms with Crippen LogP contribution in [-0.2, 0) is 7.05 Å². The first-order valence-electron chi connectivity index (χ1n) is 4.95. The van der Waals surface area contributed by atoms with Crippen molar-refractivity contribution in [3.05, 3.63) is 24.0 Å². The number of aromatic nitrogens is 2. The van der Waals surface area contributed by atoms with Crippen molar-refractivity contribution in [2.75, 3.05) is 6.61 Å². The quantitative estimate of drug-likeness (QED) is 0.854. The van der Waals surface area contributed by atoms with Crippen molar-refractivity contribution in [3.8, 4) is 5.75 Å². The monoisotopic (exact) mass is 220 g/mol. The number of pyridine rings is 1. The van der Waals surface area contributed by atoms with Gasteiger partial charge in [-0.15, -0.1) is 0 Å². The normalized spacial score (nSPS) is 10.6. The van der Waals surface area contributed by atoms with Crippen molar-refractivity contribution in [1.29, 1.82) is 0 Å². The van der Waals surface area contributed by atoms with E-state index in [9.17, 15) is 4.79 Å². The molecule has 0 saturated carbocycles. The summed E-state index contributed by atoms with van der Waals surface area (Å²) in [4.78, 5) is 15.1. The van der Waals surface area contributed by atoms with Crippen LogP contribution in [0.15, 0.2) is 18.3 Å². The summed E-state index contributed by atoms with van der Waals surface area (Å²) in [6.45, 7) is 2.42. The maximum Gasteiger partial charge on any atom is 0.352 e. The second-order valence-electron chi connectivity index (χ2n) is 3.37. The van der Waals surface area contributed by atoms with Crippen molar-refractivity contribution in [1.82, 2.24) is 9.55 Å². The van der Waals surface area contributed by atoms with E-state index in [-0.39, 0.29) is 5.69 Å². The van der Waals surface area contributed by atoms with Gasteiger partial charge in [-0.1, -0.05) is 0 Å². The highest BCUT2D eigenvalue weighted by molar-refractivity contribution is 5.95. The molecule has 84 valence electrons. The second kappa shape index (κ2) is 3.84. The van der Waals surface area contributed by atoms with Gasteiger partial charge < -0.3 is 14.4 Å². The predicted molar refractivity (Wildman–Crippen MR) is 58.8 cm³/mol. The first-order valence-corrected chi connectivity index (χ1v) is 4.95. The van der Waals surface area contributed by atoms with Crippen LogP contribution in [0.4, 0.5) is 0 Å². The lowest BCUT2D eigenvalue weighted by Crippen LogP contribution is -2.04. The molecule has 0 bridgehead atoms. The van der Waals surface area contributed by atoms with Gasteiger partial charge in [-0.25, -0.2) is 9.78 Å². The Labute approximate surface area is 92.3 Å². The lowest BCUT2D eigenvalue weighted by Gasteiger charge is -2.03. The molecular formula is C11H12N2O3. The zero-order chi connectivity index (χ0) is 11.7. The highest BCUT2D eigenvalue weighted by atomic mass is 16.5. The lowest BCUT2D eigenvalue weighted by molar-refractivity contribution is 0.0687. The van der Waals surface area contributed by atoms with Crippen LogP contribution in [0.25, 0.3) is 11.0 Å². The Morgan fingerprint density at radius 3 is 3.00 bits per heavy atom. The number of carboxylic acids is 1. The Balaban J connectivity index is 2.70. The largest absolute Gasteiger partial charge is 0.493 e. The van der Waals surface area contributed by atoms with Crippen LogP contribution in [0.5, 0.6) is 5.75 Å². The molecule has 0 aromatic carbocycles. The minimum atomic E-state index is -0.969. The molecule has 0 amide bonds. The minimum absolute atomic E-state index is 0.203. The Morgan fingerprint density at radius 1 is 1.62 bits per heavy atom. The first-order chi connectivity index (χ1) is 7.65. The van der Waals surface area contributed by atoms with E-state index in [1.807, 2.05) is 6.92 Å². The molecule has 16 heavy (non-hydrogen) atoms. The predicted octanol–water partition coefficient (Wildman–Crippen LogP) is 1.67. The van der Waals surface area contributed by atoms with Crippen LogP contribution in [0.2, 0.25) is 0 Å². The smallest absolute Gasteiger partial charge is 0.352 e. The van der Waals surface area contributed by atoms with Crippen molar-refractivity contribution in [3.63, 3.8) is 0 Å². The molecule has 0 unspecified atom stereocenters. The van der Waals surface area contributed by atoms with Crippen LogP contribution < -0.4 is 4.74 Å². The molecule has 0 fully saturated rings. The maximum atomic E-state index is 11.0. The summed E-state index contributed by atoms with van der Waals surface area (Å²) in [5.74, 6) is -0.307. The zero-order valence-electron chi connectivity index (χ0n) is 9.10. The molecular weight excluding hydrogens is 208 g/mol. The molecule has 2 aromatic heterocycles. The molecule has 0 aliphatic heterocycles. The van der Waals surface area contributed by atoms with Gasteiger partial charge in [0.05, 0.1) is 12.0 Å². The van der Waals surface area contributed by atoms with Gasteiger partial charge in [0.25, 0.3) is 0 Å². The van der Waals surface area contributed by atoms with Crippen LogP contribution in [-0.4, -0.2) is 27.2 Å². The molecule has 0 radical (unpaired) electrons. The van der Waals surface area contributed by atoms with Gasteiger partial charge in [0.2, 0.25) is 0 Å². The number of hydrogen-bond donors (Lipinski definition) is 1. The second-order valence-corrected chi connectivity index (χ2v) is 3.37. The Morgan fingerprint density at radius 2 is 2.38 bits per heavy atom. The summed E-state index contributed by atoms with van der Waals surface area (Å²) in [7, 11) is 1.68. The van der Waals surface area contributed by atoms with E-state index in [2.05, 4.69) is 4.98 Å². The number of nitrogens with zero attached hydrogens (tertiary/aromatic N) is 2. The Kier molecular flexibility index (Phi) is 2.52. The molecule has 5 heteroatoms. The fraction of sp³-hybridized carbons (Fsp3) is 0.273. The third kappa shape index (κ3) is 1.50. The summed E-state index contributed by atoms with van der Waals surface area (Å²) >= 11 is 0. The Hall–Kier alpha value is -2.04. The summed E-state index contributed by atoms with van der Waals surface area (Å²) < 4.78 is 6.96. The van der Waals surface area contributed by atoms with Gasteiger partial charge in [-0.3, -0.25) is 0 Å². The van der Waals surface area contributed by atoms with Crippen LogP contribution in [0, 0.1) is 0 Å². The number of aromatic carboxylic acids is 1. The van der Waals surface area contributed by atoms with Crippen molar-refractivity contribution in [2.24, 2.45) is 7.05 Å². The SMILES string of the molecule is CCOc1ccnc2c1cc(C(=O)O)n2C. The van der Waals surface area contributed by atoms with E-state index < -0.39 is 5.97 Å². The molecule has 5 nitrogen and oxygen atoms in total. The number of hydrogen-bond acceptors (Lipinski definition) is 3. The van der Waals surface area contributed by atoms with Gasteiger partial charge in [-0.2, -0.15) is 0 Å². The van der Waals surface area contributed by atoms with E-state index in [4.69, 9.17) is 9.84 Å². The van der Waals surface area contributed by atoms with Gasteiger partial charge in [0, 0.05) is 13.2 Å². The highest BCUT2D eigenvalue weighted by Crippen LogP contribution is 2.26. The molecule has 0 spiro atoms. The Bertz CT molecular complexity index is 545. The third-order valence-corrected chi connectivity index (χ3v) is 2.41. The fourth-order valence-electron chi connectivity index (χ4n) is 1.68. The third-order valence-electron chi connectivity index (χ3n) is 2.41. The average Bonchev–Trinajstić information content (AvgIpc) is 2.58. The first kappa shape index (κ1) is 10.5. The summed E-state index contributed by atoms with van der Waals surface area (Å²) in [6.07, 6.45) is 1.61. The number of aryl methyl sites for hydroxylation is 1. The van der Waals surface area contributed by atoms with E-state index in [0.29, 0.717) is 18.0 Å². The van der Waals surface area contributed by atoms with Crippen LogP contribution >= 0.6 is 0 Å². The van der Waals surface area contributed by atoms with Crippen molar-refractivity contribution >= 4 is 17.0 Å². The van der Waals surface area contributed by atoms with Gasteiger partial charge in [0.15, 0.2) is 0 Å². The van der Waals surface area contributed by atoms with Gasteiger partial charge >= 0.3 is 5.97 Å². The van der Waals surface area contributed by atoms with Crippen molar-refractivity contribution in [2.45, 2.75) is 6.92 Å². The number of fused-ring (bicyclic) bond motifs is 1. The standard InChI is InChI=1S/C11H12N2O3/c1-3-16-9-4-5-12-10-7(9)6-8(11(14)15)13(10)2/h4-6H,3H2,1-2H3,(H,14,15). The molecule has 2 aromatic rings.